The average molecular weight is 238 g/mol. The Morgan fingerprint density at radius 3 is 1.67 bits per heavy atom. The lowest BCUT2D eigenvalue weighted by molar-refractivity contribution is 0.425. The van der Waals surface area contributed by atoms with Gasteiger partial charge in [0.1, 0.15) is 0 Å². The highest BCUT2D eigenvalue weighted by molar-refractivity contribution is 8.00. The van der Waals surface area contributed by atoms with Crippen molar-refractivity contribution in [1.82, 2.24) is 0 Å². The molecular weight excluding hydrogens is 228 g/mol. The minimum Gasteiger partial charge on any atom is -0.204 e. The van der Waals surface area contributed by atoms with Crippen LogP contribution in [0.4, 0.5) is 17.6 Å². The first-order chi connectivity index (χ1) is 6.72. The first-order valence-electron chi connectivity index (χ1n) is 4.24. The molecule has 0 saturated carbocycles. The van der Waals surface area contributed by atoms with Gasteiger partial charge in [0.05, 0.1) is 4.90 Å². The van der Waals surface area contributed by atoms with Gasteiger partial charge in [-0.3, -0.25) is 0 Å². The number of rotatable bonds is 1. The van der Waals surface area contributed by atoms with Gasteiger partial charge in [0, 0.05) is 10.8 Å². The van der Waals surface area contributed by atoms with E-state index in [2.05, 4.69) is 0 Å². The van der Waals surface area contributed by atoms with Crippen molar-refractivity contribution in [3.05, 3.63) is 29.3 Å². The summed E-state index contributed by atoms with van der Waals surface area (Å²) in [5.41, 5.74) is 0. The molecule has 5 heteroatoms. The maximum atomic E-state index is 13.2. The Morgan fingerprint density at radius 1 is 0.933 bits per heavy atom. The molecule has 1 aromatic rings. The lowest BCUT2D eigenvalue weighted by atomic mass is 10.3. The van der Waals surface area contributed by atoms with Gasteiger partial charge in [-0.05, 0) is 0 Å². The van der Waals surface area contributed by atoms with Gasteiger partial charge in [0.25, 0.3) is 0 Å². The average Bonchev–Trinajstić information content (AvgIpc) is 2.08. The number of halogens is 4. The smallest absolute Gasteiger partial charge is 0.175 e. The normalized spacial score (nSPS) is 11.9. The third-order valence-corrected chi connectivity index (χ3v) is 2.65. The van der Waals surface area contributed by atoms with Crippen LogP contribution in [0.5, 0.6) is 0 Å². The Kier molecular flexibility index (Phi) is 3.33. The van der Waals surface area contributed by atoms with Crippen LogP contribution in [0, 0.1) is 23.3 Å². The van der Waals surface area contributed by atoms with Crippen molar-refractivity contribution < 1.29 is 17.6 Å². The summed E-state index contributed by atoms with van der Waals surface area (Å²) in [5, 5.41) is 0. The molecule has 0 radical (unpaired) electrons. The van der Waals surface area contributed by atoms with Crippen molar-refractivity contribution in [2.24, 2.45) is 0 Å². The summed E-state index contributed by atoms with van der Waals surface area (Å²) in [6.45, 7) is 5.08. The molecule has 0 atom stereocenters. The Labute approximate surface area is 89.7 Å². The highest BCUT2D eigenvalue weighted by atomic mass is 32.2. The molecule has 0 amide bonds. The summed E-state index contributed by atoms with van der Waals surface area (Å²) in [6.07, 6.45) is 0. The van der Waals surface area contributed by atoms with Gasteiger partial charge in [0.2, 0.25) is 0 Å². The van der Waals surface area contributed by atoms with E-state index in [9.17, 15) is 17.6 Å². The van der Waals surface area contributed by atoms with Gasteiger partial charge in [0.15, 0.2) is 23.3 Å². The molecule has 0 aliphatic carbocycles. The summed E-state index contributed by atoms with van der Waals surface area (Å²) in [4.78, 5) is -0.611. The zero-order valence-corrected chi connectivity index (χ0v) is 9.31. The van der Waals surface area contributed by atoms with E-state index in [0.29, 0.717) is 0 Å². The standard InChI is InChI=1S/C10H10F4S/c1-10(2,3)15-9-7(13)5(11)4-6(12)8(9)14/h4H,1-3H3. The van der Waals surface area contributed by atoms with E-state index in [4.69, 9.17) is 0 Å². The van der Waals surface area contributed by atoms with Crippen molar-refractivity contribution in [3.8, 4) is 0 Å². The predicted molar refractivity (Wildman–Crippen MR) is 51.9 cm³/mol. The molecule has 0 aliphatic heterocycles. The predicted octanol–water partition coefficient (Wildman–Crippen LogP) is 4.13. The summed E-state index contributed by atoms with van der Waals surface area (Å²) in [6, 6.07) is 0.206. The van der Waals surface area contributed by atoms with Gasteiger partial charge >= 0.3 is 0 Å². The van der Waals surface area contributed by atoms with E-state index < -0.39 is 32.9 Å². The molecule has 1 rings (SSSR count). The summed E-state index contributed by atoms with van der Waals surface area (Å²) in [7, 11) is 0. The molecule has 1 aromatic carbocycles. The molecule has 0 aromatic heterocycles. The SMILES string of the molecule is CC(C)(C)Sc1c(F)c(F)cc(F)c1F. The Bertz CT molecular complexity index is 356. The van der Waals surface area contributed by atoms with Gasteiger partial charge < -0.3 is 0 Å². The first-order valence-corrected chi connectivity index (χ1v) is 5.06. The van der Waals surface area contributed by atoms with Gasteiger partial charge in [-0.25, -0.2) is 17.6 Å². The number of hydrogen-bond donors (Lipinski definition) is 0. The summed E-state index contributed by atoms with van der Waals surface area (Å²) < 4.78 is 51.4. The van der Waals surface area contributed by atoms with Crippen molar-refractivity contribution in [2.45, 2.75) is 30.4 Å². The second kappa shape index (κ2) is 4.04. The summed E-state index contributed by atoms with van der Waals surface area (Å²) >= 11 is 0.752. The Balaban J connectivity index is 3.27. The van der Waals surface area contributed by atoms with E-state index >= 15 is 0 Å². The molecule has 0 heterocycles. The highest BCUT2D eigenvalue weighted by Gasteiger charge is 2.24. The number of thioether (sulfide) groups is 1. The first kappa shape index (κ1) is 12.4. The van der Waals surface area contributed by atoms with E-state index in [-0.39, 0.29) is 6.07 Å². The molecule has 0 spiro atoms. The quantitative estimate of drug-likeness (QED) is 0.402. The van der Waals surface area contributed by atoms with Crippen LogP contribution in [0.15, 0.2) is 11.0 Å². The maximum Gasteiger partial charge on any atom is 0.175 e. The van der Waals surface area contributed by atoms with Gasteiger partial charge in [-0.2, -0.15) is 0 Å². The van der Waals surface area contributed by atoms with E-state index in [1.165, 1.54) is 0 Å². The molecule has 0 bridgehead atoms. The lowest BCUT2D eigenvalue weighted by Crippen LogP contribution is -2.09. The monoisotopic (exact) mass is 238 g/mol. The lowest BCUT2D eigenvalue weighted by Gasteiger charge is -2.18. The van der Waals surface area contributed by atoms with Crippen LogP contribution in [-0.4, -0.2) is 4.75 Å². The van der Waals surface area contributed by atoms with E-state index in [0.717, 1.165) is 11.8 Å². The van der Waals surface area contributed by atoms with Gasteiger partial charge in [-0.1, -0.05) is 20.8 Å². The zero-order valence-electron chi connectivity index (χ0n) is 8.50. The second-order valence-electron chi connectivity index (χ2n) is 4.01. The van der Waals surface area contributed by atoms with Crippen molar-refractivity contribution in [2.75, 3.05) is 0 Å². The van der Waals surface area contributed by atoms with Crippen LogP contribution < -0.4 is 0 Å². The van der Waals surface area contributed by atoms with E-state index in [1.54, 1.807) is 20.8 Å². The van der Waals surface area contributed by atoms with Crippen LogP contribution in [0.2, 0.25) is 0 Å². The molecule has 15 heavy (non-hydrogen) atoms. The fourth-order valence-electron chi connectivity index (χ4n) is 0.947. The molecule has 0 aliphatic rings. The second-order valence-corrected chi connectivity index (χ2v) is 5.85. The third-order valence-electron chi connectivity index (χ3n) is 1.48. The molecule has 0 nitrogen and oxygen atoms in total. The highest BCUT2D eigenvalue weighted by Crippen LogP contribution is 2.36. The van der Waals surface area contributed by atoms with Crippen molar-refractivity contribution in [1.29, 1.82) is 0 Å². The fourth-order valence-corrected chi connectivity index (χ4v) is 1.93. The summed E-state index contributed by atoms with van der Waals surface area (Å²) in [5.74, 6) is -5.43. The Morgan fingerprint density at radius 2 is 1.33 bits per heavy atom. The molecule has 0 fully saturated rings. The molecule has 0 saturated heterocycles. The minimum absolute atomic E-state index is 0.206. The topological polar surface area (TPSA) is 0 Å². The van der Waals surface area contributed by atoms with Gasteiger partial charge in [-0.15, -0.1) is 11.8 Å². The number of hydrogen-bond acceptors (Lipinski definition) is 1. The molecule has 0 N–H and O–H groups in total. The Hall–Kier alpha value is -0.710. The molecular formula is C10H10F4S. The minimum atomic E-state index is -1.37. The van der Waals surface area contributed by atoms with Crippen LogP contribution in [-0.2, 0) is 0 Å². The zero-order chi connectivity index (χ0) is 11.8. The van der Waals surface area contributed by atoms with Crippen molar-refractivity contribution in [3.63, 3.8) is 0 Å². The van der Waals surface area contributed by atoms with Crippen molar-refractivity contribution >= 4 is 11.8 Å². The van der Waals surface area contributed by atoms with Crippen LogP contribution >= 0.6 is 11.8 Å². The largest absolute Gasteiger partial charge is 0.204 e. The number of benzene rings is 1. The van der Waals surface area contributed by atoms with Crippen LogP contribution in [0.25, 0.3) is 0 Å². The van der Waals surface area contributed by atoms with E-state index in [1.807, 2.05) is 0 Å². The molecule has 0 unspecified atom stereocenters. The van der Waals surface area contributed by atoms with Crippen LogP contribution in [0.3, 0.4) is 0 Å². The fraction of sp³-hybridized carbons (Fsp3) is 0.400. The maximum absolute atomic E-state index is 13.2. The molecule has 84 valence electrons. The van der Waals surface area contributed by atoms with Crippen LogP contribution in [0.1, 0.15) is 20.8 Å². The third kappa shape index (κ3) is 2.87.